The molecule has 0 saturated carbocycles. The third-order valence-electron chi connectivity index (χ3n) is 3.14. The van der Waals surface area contributed by atoms with Gasteiger partial charge in [0.15, 0.2) is 0 Å². The van der Waals surface area contributed by atoms with Crippen LogP contribution in [0.25, 0.3) is 10.9 Å². The Labute approximate surface area is 120 Å². The molecule has 6 nitrogen and oxygen atoms in total. The van der Waals surface area contributed by atoms with Crippen molar-refractivity contribution in [1.29, 1.82) is 0 Å². The molecule has 2 aromatic heterocycles. The number of nitrogens with one attached hydrogen (secondary N) is 1. The van der Waals surface area contributed by atoms with E-state index in [4.69, 9.17) is 5.11 Å². The summed E-state index contributed by atoms with van der Waals surface area (Å²) in [6, 6.07) is 8.51. The Balaban J connectivity index is 2.07. The van der Waals surface area contributed by atoms with Gasteiger partial charge in [0.2, 0.25) is 0 Å². The number of carboxylic acids is 1. The van der Waals surface area contributed by atoms with E-state index < -0.39 is 5.97 Å². The smallest absolute Gasteiger partial charge is 0.335 e. The molecule has 0 bridgehead atoms. The maximum atomic E-state index is 11.0. The number of nitrogens with zero attached hydrogens (tertiary/aromatic N) is 3. The monoisotopic (exact) mass is 280 g/mol. The number of aryl methyl sites for hydroxylation is 1. The van der Waals surface area contributed by atoms with Gasteiger partial charge in [-0.05, 0) is 37.3 Å². The highest BCUT2D eigenvalue weighted by Crippen LogP contribution is 2.24. The van der Waals surface area contributed by atoms with Gasteiger partial charge in [-0.3, -0.25) is 4.98 Å². The molecule has 21 heavy (non-hydrogen) atoms. The van der Waals surface area contributed by atoms with Gasteiger partial charge in [-0.25, -0.2) is 14.8 Å². The minimum absolute atomic E-state index is 0.199. The van der Waals surface area contributed by atoms with E-state index in [1.165, 1.54) is 18.5 Å². The van der Waals surface area contributed by atoms with Crippen molar-refractivity contribution in [3.8, 4) is 0 Å². The van der Waals surface area contributed by atoms with Gasteiger partial charge in [-0.1, -0.05) is 0 Å². The molecule has 0 radical (unpaired) electrons. The third kappa shape index (κ3) is 2.51. The van der Waals surface area contributed by atoms with Crippen molar-refractivity contribution in [1.82, 2.24) is 15.0 Å². The van der Waals surface area contributed by atoms with Crippen molar-refractivity contribution in [3.05, 3.63) is 54.1 Å². The van der Waals surface area contributed by atoms with E-state index in [-0.39, 0.29) is 5.56 Å². The fourth-order valence-electron chi connectivity index (χ4n) is 2.03. The number of carbonyl (C=O) groups is 1. The summed E-state index contributed by atoms with van der Waals surface area (Å²) in [5.74, 6) is -0.360. The molecule has 0 unspecified atom stereocenters. The molecule has 1 aromatic carbocycles. The Kier molecular flexibility index (Phi) is 3.19. The fourth-order valence-corrected chi connectivity index (χ4v) is 2.03. The molecule has 2 heterocycles. The number of aromatic carboxylic acids is 1. The van der Waals surface area contributed by atoms with E-state index in [0.717, 1.165) is 16.8 Å². The van der Waals surface area contributed by atoms with E-state index >= 15 is 0 Å². The highest BCUT2D eigenvalue weighted by molar-refractivity contribution is 5.97. The zero-order valence-corrected chi connectivity index (χ0v) is 11.2. The third-order valence-corrected chi connectivity index (χ3v) is 3.14. The minimum atomic E-state index is -0.979. The molecule has 6 heteroatoms. The molecular formula is C15H12N4O2. The van der Waals surface area contributed by atoms with Crippen LogP contribution in [-0.2, 0) is 0 Å². The first-order valence-corrected chi connectivity index (χ1v) is 6.32. The van der Waals surface area contributed by atoms with Gasteiger partial charge in [0.05, 0.1) is 22.5 Å². The van der Waals surface area contributed by atoms with Crippen LogP contribution in [0.4, 0.5) is 11.5 Å². The standard InChI is InChI=1S/C15H12N4O2/c1-9-12(3-2-6-16-9)19-14-11-5-4-10(15(20)21)7-13(11)17-8-18-14/h2-8H,1H3,(H,20,21)(H,17,18,19). The first-order valence-electron chi connectivity index (χ1n) is 6.32. The number of benzene rings is 1. The summed E-state index contributed by atoms with van der Waals surface area (Å²) in [5.41, 5.74) is 2.48. The largest absolute Gasteiger partial charge is 0.478 e. The van der Waals surface area contributed by atoms with Crippen LogP contribution < -0.4 is 5.32 Å². The Morgan fingerprint density at radius 3 is 2.81 bits per heavy atom. The first-order chi connectivity index (χ1) is 10.1. The Bertz CT molecular complexity index is 833. The predicted molar refractivity (Wildman–Crippen MR) is 78.8 cm³/mol. The number of hydrogen-bond donors (Lipinski definition) is 2. The van der Waals surface area contributed by atoms with Gasteiger partial charge < -0.3 is 10.4 Å². The zero-order chi connectivity index (χ0) is 14.8. The average molecular weight is 280 g/mol. The molecule has 2 N–H and O–H groups in total. The maximum Gasteiger partial charge on any atom is 0.335 e. The maximum absolute atomic E-state index is 11.0. The second kappa shape index (κ2) is 5.16. The minimum Gasteiger partial charge on any atom is -0.478 e. The summed E-state index contributed by atoms with van der Waals surface area (Å²) in [5, 5.41) is 13.0. The fraction of sp³-hybridized carbons (Fsp3) is 0.0667. The number of fused-ring (bicyclic) bond motifs is 1. The number of rotatable bonds is 3. The van der Waals surface area contributed by atoms with Crippen LogP contribution >= 0.6 is 0 Å². The number of carboxylic acid groups (broad SMARTS) is 1. The number of aromatic nitrogens is 3. The normalized spacial score (nSPS) is 10.5. The van der Waals surface area contributed by atoms with Crippen molar-refractivity contribution in [2.24, 2.45) is 0 Å². The molecule has 0 fully saturated rings. The summed E-state index contributed by atoms with van der Waals surface area (Å²) in [6.07, 6.45) is 3.12. The van der Waals surface area contributed by atoms with Crippen LogP contribution in [-0.4, -0.2) is 26.0 Å². The molecule has 0 amide bonds. The van der Waals surface area contributed by atoms with Crippen LogP contribution in [0.2, 0.25) is 0 Å². The molecule has 0 atom stereocenters. The van der Waals surface area contributed by atoms with Crippen molar-refractivity contribution in [2.75, 3.05) is 5.32 Å². The quantitative estimate of drug-likeness (QED) is 0.767. The van der Waals surface area contributed by atoms with Crippen molar-refractivity contribution >= 4 is 28.4 Å². The SMILES string of the molecule is Cc1ncccc1Nc1ncnc2cc(C(=O)O)ccc12. The molecule has 0 aliphatic rings. The van der Waals surface area contributed by atoms with Gasteiger partial charge in [-0.2, -0.15) is 0 Å². The molecular weight excluding hydrogens is 268 g/mol. The summed E-state index contributed by atoms with van der Waals surface area (Å²) in [6.45, 7) is 1.90. The van der Waals surface area contributed by atoms with Crippen LogP contribution in [0.3, 0.4) is 0 Å². The predicted octanol–water partition coefficient (Wildman–Crippen LogP) is 2.78. The zero-order valence-electron chi connectivity index (χ0n) is 11.2. The second-order valence-electron chi connectivity index (χ2n) is 4.52. The topological polar surface area (TPSA) is 88.0 Å². The van der Waals surface area contributed by atoms with E-state index in [1.807, 2.05) is 19.1 Å². The van der Waals surface area contributed by atoms with Crippen LogP contribution in [0.15, 0.2) is 42.9 Å². The molecule has 3 rings (SSSR count). The van der Waals surface area contributed by atoms with Gasteiger partial charge in [0.1, 0.15) is 12.1 Å². The first kappa shape index (κ1) is 13.0. The molecule has 0 aliphatic carbocycles. The lowest BCUT2D eigenvalue weighted by molar-refractivity contribution is 0.0697. The van der Waals surface area contributed by atoms with E-state index in [2.05, 4.69) is 20.3 Å². The van der Waals surface area contributed by atoms with Crippen molar-refractivity contribution < 1.29 is 9.90 Å². The molecule has 104 valence electrons. The van der Waals surface area contributed by atoms with E-state index in [0.29, 0.717) is 11.3 Å². The molecule has 0 aliphatic heterocycles. The van der Waals surface area contributed by atoms with Crippen molar-refractivity contribution in [2.45, 2.75) is 6.92 Å². The molecule has 0 spiro atoms. The van der Waals surface area contributed by atoms with Crippen LogP contribution in [0.5, 0.6) is 0 Å². The van der Waals surface area contributed by atoms with Gasteiger partial charge in [-0.15, -0.1) is 0 Å². The van der Waals surface area contributed by atoms with Gasteiger partial charge in [0.25, 0.3) is 0 Å². The Morgan fingerprint density at radius 1 is 1.19 bits per heavy atom. The van der Waals surface area contributed by atoms with E-state index in [9.17, 15) is 4.79 Å². The van der Waals surface area contributed by atoms with Gasteiger partial charge >= 0.3 is 5.97 Å². The Hall–Kier alpha value is -3.02. The number of hydrogen-bond acceptors (Lipinski definition) is 5. The number of anilines is 2. The highest BCUT2D eigenvalue weighted by atomic mass is 16.4. The molecule has 0 saturated heterocycles. The number of pyridine rings is 1. The van der Waals surface area contributed by atoms with Crippen LogP contribution in [0, 0.1) is 6.92 Å². The second-order valence-corrected chi connectivity index (χ2v) is 4.52. The van der Waals surface area contributed by atoms with E-state index in [1.54, 1.807) is 12.3 Å². The average Bonchev–Trinajstić information content (AvgIpc) is 2.49. The summed E-state index contributed by atoms with van der Waals surface area (Å²) >= 11 is 0. The highest BCUT2D eigenvalue weighted by Gasteiger charge is 2.09. The lowest BCUT2D eigenvalue weighted by atomic mass is 10.1. The summed E-state index contributed by atoms with van der Waals surface area (Å²) < 4.78 is 0. The lowest BCUT2D eigenvalue weighted by Crippen LogP contribution is -2.00. The Morgan fingerprint density at radius 2 is 2.05 bits per heavy atom. The summed E-state index contributed by atoms with van der Waals surface area (Å²) in [4.78, 5) is 23.5. The van der Waals surface area contributed by atoms with Gasteiger partial charge in [0, 0.05) is 11.6 Å². The van der Waals surface area contributed by atoms with Crippen LogP contribution in [0.1, 0.15) is 16.1 Å². The lowest BCUT2D eigenvalue weighted by Gasteiger charge is -2.10. The van der Waals surface area contributed by atoms with Crippen molar-refractivity contribution in [3.63, 3.8) is 0 Å². The summed E-state index contributed by atoms with van der Waals surface area (Å²) in [7, 11) is 0. The molecule has 3 aromatic rings.